The predicted octanol–water partition coefficient (Wildman–Crippen LogP) is 6.26. The number of rotatable bonds is 14. The lowest BCUT2D eigenvalue weighted by molar-refractivity contribution is -0.697. The Morgan fingerprint density at radius 3 is 1.33 bits per heavy atom. The molecule has 0 saturated carbocycles. The smallest absolute Gasteiger partial charge is 0.169 e. The Kier molecular flexibility index (Phi) is 10.8. The van der Waals surface area contributed by atoms with Crippen molar-refractivity contribution in [1.82, 2.24) is 0 Å². The number of aromatic nitrogens is 2. The summed E-state index contributed by atoms with van der Waals surface area (Å²) in [4.78, 5) is 0. The monoisotopic (exact) mass is 368 g/mol. The SMILES string of the molecule is CCCCCCCCCCCC[n+]1ccc(-c2cc[n+](CCC)cc2)cc1. The van der Waals surface area contributed by atoms with Crippen LogP contribution in [0.1, 0.15) is 84.5 Å². The minimum atomic E-state index is 1.09. The third-order valence-electron chi connectivity index (χ3n) is 5.37. The van der Waals surface area contributed by atoms with Crippen LogP contribution in [0.15, 0.2) is 49.1 Å². The van der Waals surface area contributed by atoms with E-state index in [1.165, 1.54) is 81.8 Å². The number of aryl methyl sites for hydroxylation is 2. The van der Waals surface area contributed by atoms with Gasteiger partial charge in [0, 0.05) is 37.1 Å². The van der Waals surface area contributed by atoms with E-state index in [2.05, 4.69) is 72.0 Å². The quantitative estimate of drug-likeness (QED) is 0.275. The van der Waals surface area contributed by atoms with E-state index in [0.29, 0.717) is 0 Å². The van der Waals surface area contributed by atoms with Crippen LogP contribution in [0.3, 0.4) is 0 Å². The van der Waals surface area contributed by atoms with Gasteiger partial charge in [0.15, 0.2) is 24.8 Å². The second-order valence-corrected chi connectivity index (χ2v) is 7.83. The van der Waals surface area contributed by atoms with Crippen LogP contribution in [-0.2, 0) is 13.1 Å². The molecule has 2 heterocycles. The molecule has 0 atom stereocenters. The molecule has 0 aliphatic carbocycles. The molecule has 0 fully saturated rings. The number of nitrogens with zero attached hydrogens (tertiary/aromatic N) is 2. The summed E-state index contributed by atoms with van der Waals surface area (Å²) in [7, 11) is 0. The number of unbranched alkanes of at least 4 members (excludes halogenated alkanes) is 9. The normalized spacial score (nSPS) is 11.0. The van der Waals surface area contributed by atoms with Gasteiger partial charge in [0.05, 0.1) is 0 Å². The first kappa shape index (κ1) is 21.6. The molecule has 0 aromatic carbocycles. The highest BCUT2D eigenvalue weighted by atomic mass is 14.9. The van der Waals surface area contributed by atoms with Crippen LogP contribution in [0.4, 0.5) is 0 Å². The lowest BCUT2D eigenvalue weighted by Gasteiger charge is -2.02. The summed E-state index contributed by atoms with van der Waals surface area (Å²) in [6.45, 7) is 6.73. The Bertz CT molecular complexity index is 601. The lowest BCUT2D eigenvalue weighted by Crippen LogP contribution is -2.32. The first-order valence-electron chi connectivity index (χ1n) is 11.3. The van der Waals surface area contributed by atoms with E-state index in [9.17, 15) is 0 Å². The average Bonchev–Trinajstić information content (AvgIpc) is 2.71. The highest BCUT2D eigenvalue weighted by Gasteiger charge is 2.05. The molecule has 0 aliphatic rings. The maximum Gasteiger partial charge on any atom is 0.169 e. The summed E-state index contributed by atoms with van der Waals surface area (Å²) in [5.74, 6) is 0. The summed E-state index contributed by atoms with van der Waals surface area (Å²) in [6.07, 6.45) is 24.0. The van der Waals surface area contributed by atoms with Gasteiger partial charge in [0.25, 0.3) is 0 Å². The van der Waals surface area contributed by atoms with Crippen LogP contribution in [0, 0.1) is 0 Å². The zero-order valence-corrected chi connectivity index (χ0v) is 17.7. The molecule has 2 heteroatoms. The third-order valence-corrected chi connectivity index (χ3v) is 5.37. The van der Waals surface area contributed by atoms with Crippen LogP contribution in [0.25, 0.3) is 11.1 Å². The molecule has 0 amide bonds. The molecule has 2 aromatic heterocycles. The number of pyridine rings is 2. The number of hydrogen-bond acceptors (Lipinski definition) is 0. The van der Waals surface area contributed by atoms with E-state index in [4.69, 9.17) is 0 Å². The summed E-state index contributed by atoms with van der Waals surface area (Å²) >= 11 is 0. The van der Waals surface area contributed by atoms with Crippen molar-refractivity contribution in [2.45, 2.75) is 97.6 Å². The molecular weight excluding hydrogens is 328 g/mol. The number of hydrogen-bond donors (Lipinski definition) is 0. The molecule has 27 heavy (non-hydrogen) atoms. The summed E-state index contributed by atoms with van der Waals surface area (Å²) < 4.78 is 4.58. The van der Waals surface area contributed by atoms with Gasteiger partial charge < -0.3 is 0 Å². The molecule has 0 radical (unpaired) electrons. The molecule has 2 nitrogen and oxygen atoms in total. The van der Waals surface area contributed by atoms with Crippen molar-refractivity contribution in [1.29, 1.82) is 0 Å². The van der Waals surface area contributed by atoms with Crippen molar-refractivity contribution in [2.75, 3.05) is 0 Å². The fourth-order valence-corrected chi connectivity index (χ4v) is 3.64. The van der Waals surface area contributed by atoms with Gasteiger partial charge in [-0.25, -0.2) is 9.13 Å². The van der Waals surface area contributed by atoms with Gasteiger partial charge in [-0.05, 0) is 17.5 Å². The Morgan fingerprint density at radius 2 is 0.889 bits per heavy atom. The van der Waals surface area contributed by atoms with Crippen molar-refractivity contribution in [3.05, 3.63) is 49.1 Å². The van der Waals surface area contributed by atoms with E-state index in [1.807, 2.05) is 0 Å². The highest BCUT2D eigenvalue weighted by molar-refractivity contribution is 5.60. The largest absolute Gasteiger partial charge is 0.205 e. The lowest BCUT2D eigenvalue weighted by atomic mass is 10.1. The van der Waals surface area contributed by atoms with Crippen molar-refractivity contribution in [3.63, 3.8) is 0 Å². The van der Waals surface area contributed by atoms with Gasteiger partial charge in [-0.2, -0.15) is 0 Å². The maximum absolute atomic E-state index is 2.33. The van der Waals surface area contributed by atoms with E-state index in [0.717, 1.165) is 13.1 Å². The molecular formula is C25H40N2+2. The summed E-state index contributed by atoms with van der Waals surface area (Å²) in [6, 6.07) is 8.93. The molecule has 0 unspecified atom stereocenters. The average molecular weight is 369 g/mol. The molecule has 0 bridgehead atoms. The molecule has 0 aliphatic heterocycles. The van der Waals surface area contributed by atoms with Gasteiger partial charge in [0.2, 0.25) is 0 Å². The first-order chi connectivity index (χ1) is 13.3. The van der Waals surface area contributed by atoms with Crippen molar-refractivity contribution in [2.24, 2.45) is 0 Å². The Morgan fingerprint density at radius 1 is 0.481 bits per heavy atom. The zero-order chi connectivity index (χ0) is 19.2. The van der Waals surface area contributed by atoms with Crippen molar-refractivity contribution >= 4 is 0 Å². The van der Waals surface area contributed by atoms with E-state index >= 15 is 0 Å². The van der Waals surface area contributed by atoms with Crippen molar-refractivity contribution in [3.8, 4) is 11.1 Å². The Balaban J connectivity index is 1.61. The van der Waals surface area contributed by atoms with Crippen LogP contribution < -0.4 is 9.13 Å². The standard InChI is InChI=1S/C25H40N2/c1-3-5-6-7-8-9-10-11-12-13-19-27-22-16-25(17-23-27)24-14-20-26(18-4-2)21-15-24/h14-17,20-23H,3-13,18-19H2,1-2H3/q+2. The predicted molar refractivity (Wildman–Crippen MR) is 114 cm³/mol. The third kappa shape index (κ3) is 8.69. The van der Waals surface area contributed by atoms with E-state index < -0.39 is 0 Å². The zero-order valence-electron chi connectivity index (χ0n) is 17.7. The molecule has 0 spiro atoms. The van der Waals surface area contributed by atoms with Crippen LogP contribution in [-0.4, -0.2) is 0 Å². The van der Waals surface area contributed by atoms with E-state index in [-0.39, 0.29) is 0 Å². The molecule has 0 saturated heterocycles. The fourth-order valence-electron chi connectivity index (χ4n) is 3.64. The summed E-state index contributed by atoms with van der Waals surface area (Å²) in [5, 5.41) is 0. The Labute approximate surface area is 167 Å². The summed E-state index contributed by atoms with van der Waals surface area (Å²) in [5.41, 5.74) is 2.60. The molecule has 0 N–H and O–H groups in total. The first-order valence-corrected chi connectivity index (χ1v) is 11.3. The van der Waals surface area contributed by atoms with Gasteiger partial charge >= 0.3 is 0 Å². The minimum Gasteiger partial charge on any atom is -0.205 e. The van der Waals surface area contributed by atoms with Gasteiger partial charge in [0.1, 0.15) is 13.1 Å². The molecule has 2 rings (SSSR count). The van der Waals surface area contributed by atoms with Gasteiger partial charge in [-0.15, -0.1) is 0 Å². The maximum atomic E-state index is 2.33. The van der Waals surface area contributed by atoms with Crippen LogP contribution in [0.2, 0.25) is 0 Å². The highest BCUT2D eigenvalue weighted by Crippen LogP contribution is 2.16. The second kappa shape index (κ2) is 13.5. The molecule has 2 aromatic rings. The topological polar surface area (TPSA) is 7.76 Å². The van der Waals surface area contributed by atoms with Crippen LogP contribution in [0.5, 0.6) is 0 Å². The van der Waals surface area contributed by atoms with Gasteiger partial charge in [-0.3, -0.25) is 0 Å². The van der Waals surface area contributed by atoms with Crippen molar-refractivity contribution < 1.29 is 9.13 Å². The van der Waals surface area contributed by atoms with E-state index in [1.54, 1.807) is 0 Å². The second-order valence-electron chi connectivity index (χ2n) is 7.83. The fraction of sp³-hybridized carbons (Fsp3) is 0.600. The minimum absolute atomic E-state index is 1.09. The Hall–Kier alpha value is -1.70. The van der Waals surface area contributed by atoms with Gasteiger partial charge in [-0.1, -0.05) is 65.2 Å². The molecule has 148 valence electrons. The van der Waals surface area contributed by atoms with Crippen LogP contribution >= 0.6 is 0 Å².